The van der Waals surface area contributed by atoms with Gasteiger partial charge in [-0.25, -0.2) is 4.98 Å². The van der Waals surface area contributed by atoms with Crippen molar-refractivity contribution in [3.05, 3.63) is 11.6 Å². The van der Waals surface area contributed by atoms with Crippen molar-refractivity contribution in [3.8, 4) is 0 Å². The predicted octanol–water partition coefficient (Wildman–Crippen LogP) is 1.07. The number of carboxylic acid groups (broad SMARTS) is 1. The van der Waals surface area contributed by atoms with Gasteiger partial charge in [0.05, 0.1) is 11.5 Å². The molecule has 78 valence electrons. The van der Waals surface area contributed by atoms with Gasteiger partial charge in [-0.2, -0.15) is 5.10 Å². The van der Waals surface area contributed by atoms with Crippen molar-refractivity contribution in [2.45, 2.75) is 25.5 Å². The molecule has 0 aromatic carbocycles. The lowest BCUT2D eigenvalue weighted by Gasteiger charge is -1.92. The molecule has 6 heteroatoms. The van der Waals surface area contributed by atoms with Crippen molar-refractivity contribution in [1.82, 2.24) is 15.2 Å². The molecule has 0 atom stereocenters. The van der Waals surface area contributed by atoms with E-state index in [0.29, 0.717) is 5.75 Å². The molecular weight excluding hydrogens is 202 g/mol. The topological polar surface area (TPSA) is 78.9 Å². The van der Waals surface area contributed by atoms with Crippen molar-refractivity contribution in [1.29, 1.82) is 0 Å². The summed E-state index contributed by atoms with van der Waals surface area (Å²) < 4.78 is 0. The number of hydrogen-bond donors (Lipinski definition) is 2. The van der Waals surface area contributed by atoms with Crippen molar-refractivity contribution in [2.24, 2.45) is 0 Å². The number of carbonyl (C=O) groups is 1. The summed E-state index contributed by atoms with van der Waals surface area (Å²) in [6.45, 7) is 2.06. The number of hydrogen-bond acceptors (Lipinski definition) is 4. The van der Waals surface area contributed by atoms with Crippen molar-refractivity contribution in [3.63, 3.8) is 0 Å². The number of carboxylic acids is 1. The highest BCUT2D eigenvalue weighted by atomic mass is 32.2. The molecule has 0 bridgehead atoms. The Bertz CT molecular complexity index is 301. The van der Waals surface area contributed by atoms with Gasteiger partial charge >= 0.3 is 5.97 Å². The van der Waals surface area contributed by atoms with Gasteiger partial charge in [-0.3, -0.25) is 9.89 Å². The second-order valence-corrected chi connectivity index (χ2v) is 3.82. The first-order chi connectivity index (χ1) is 6.72. The Balaban J connectivity index is 2.32. The van der Waals surface area contributed by atoms with Crippen molar-refractivity contribution in [2.75, 3.05) is 5.75 Å². The van der Waals surface area contributed by atoms with Crippen LogP contribution in [0, 0.1) is 0 Å². The van der Waals surface area contributed by atoms with Crippen LogP contribution in [0.4, 0.5) is 0 Å². The van der Waals surface area contributed by atoms with E-state index in [9.17, 15) is 4.79 Å². The molecule has 1 aromatic heterocycles. The fourth-order valence-corrected chi connectivity index (χ4v) is 1.57. The standard InChI is InChI=1S/C8H13N3O2S/c1-2-3-6-9-7(11-10-6)4-14-5-8(12)13/h2-5H2,1H3,(H,12,13)(H,9,10,11). The Morgan fingerprint density at radius 2 is 2.43 bits per heavy atom. The van der Waals surface area contributed by atoms with E-state index in [1.54, 1.807) is 0 Å². The van der Waals surface area contributed by atoms with Crippen LogP contribution in [0.5, 0.6) is 0 Å². The lowest BCUT2D eigenvalue weighted by Crippen LogP contribution is -1.98. The lowest BCUT2D eigenvalue weighted by molar-refractivity contribution is -0.133. The Morgan fingerprint density at radius 1 is 1.64 bits per heavy atom. The molecule has 0 aliphatic carbocycles. The third-order valence-corrected chi connectivity index (χ3v) is 2.44. The molecule has 0 saturated heterocycles. The molecule has 2 N–H and O–H groups in total. The van der Waals surface area contributed by atoms with Gasteiger partial charge in [-0.15, -0.1) is 11.8 Å². The maximum Gasteiger partial charge on any atom is 0.313 e. The Morgan fingerprint density at radius 3 is 3.07 bits per heavy atom. The van der Waals surface area contributed by atoms with Crippen LogP contribution in [0.25, 0.3) is 0 Å². The Kier molecular flexibility index (Phi) is 4.45. The number of aromatic nitrogens is 3. The minimum atomic E-state index is -0.803. The first-order valence-electron chi connectivity index (χ1n) is 4.42. The molecule has 0 fully saturated rings. The molecule has 14 heavy (non-hydrogen) atoms. The van der Waals surface area contributed by atoms with E-state index in [-0.39, 0.29) is 5.75 Å². The van der Waals surface area contributed by atoms with Gasteiger partial charge in [0.25, 0.3) is 0 Å². The average molecular weight is 215 g/mol. The van der Waals surface area contributed by atoms with E-state index in [2.05, 4.69) is 22.1 Å². The molecule has 1 aromatic rings. The van der Waals surface area contributed by atoms with Crippen LogP contribution in [-0.2, 0) is 17.0 Å². The van der Waals surface area contributed by atoms with Crippen LogP contribution in [0.2, 0.25) is 0 Å². The minimum Gasteiger partial charge on any atom is -0.481 e. The van der Waals surface area contributed by atoms with Gasteiger partial charge < -0.3 is 5.11 Å². The number of thioether (sulfide) groups is 1. The summed E-state index contributed by atoms with van der Waals surface area (Å²) in [7, 11) is 0. The van der Waals surface area contributed by atoms with Crippen LogP contribution < -0.4 is 0 Å². The summed E-state index contributed by atoms with van der Waals surface area (Å²) in [5.74, 6) is 1.42. The van der Waals surface area contributed by atoms with E-state index < -0.39 is 5.97 Å². The predicted molar refractivity (Wildman–Crippen MR) is 54.2 cm³/mol. The van der Waals surface area contributed by atoms with Crippen LogP contribution >= 0.6 is 11.8 Å². The monoisotopic (exact) mass is 215 g/mol. The summed E-state index contributed by atoms with van der Waals surface area (Å²) in [4.78, 5) is 14.4. The lowest BCUT2D eigenvalue weighted by atomic mass is 10.3. The number of rotatable bonds is 6. The summed E-state index contributed by atoms with van der Waals surface area (Å²) >= 11 is 1.31. The maximum absolute atomic E-state index is 10.2. The van der Waals surface area contributed by atoms with Crippen LogP contribution in [-0.4, -0.2) is 32.0 Å². The fourth-order valence-electron chi connectivity index (χ4n) is 0.970. The molecule has 1 rings (SSSR count). The molecular formula is C8H13N3O2S. The molecule has 0 aliphatic rings. The average Bonchev–Trinajstić information content (AvgIpc) is 2.53. The first kappa shape index (κ1) is 11.0. The largest absolute Gasteiger partial charge is 0.481 e. The summed E-state index contributed by atoms with van der Waals surface area (Å²) in [6, 6.07) is 0. The molecule has 0 spiro atoms. The number of H-pyrrole nitrogens is 1. The van der Waals surface area contributed by atoms with E-state index >= 15 is 0 Å². The van der Waals surface area contributed by atoms with E-state index in [0.717, 1.165) is 24.5 Å². The smallest absolute Gasteiger partial charge is 0.313 e. The van der Waals surface area contributed by atoms with Gasteiger partial charge in [-0.1, -0.05) is 6.92 Å². The molecule has 0 unspecified atom stereocenters. The summed E-state index contributed by atoms with van der Waals surface area (Å²) in [5, 5.41) is 15.2. The Hall–Kier alpha value is -1.04. The number of nitrogens with one attached hydrogen (secondary N) is 1. The zero-order valence-electron chi connectivity index (χ0n) is 7.99. The Labute approximate surface area is 86.3 Å². The van der Waals surface area contributed by atoms with Gasteiger partial charge in [0.2, 0.25) is 0 Å². The van der Waals surface area contributed by atoms with Crippen LogP contribution in [0.3, 0.4) is 0 Å². The van der Waals surface area contributed by atoms with Gasteiger partial charge in [0.1, 0.15) is 5.82 Å². The van der Waals surface area contributed by atoms with Gasteiger partial charge in [-0.05, 0) is 6.42 Å². The third-order valence-electron chi connectivity index (χ3n) is 1.52. The molecule has 0 amide bonds. The normalized spacial score (nSPS) is 10.4. The SMILES string of the molecule is CCCc1n[nH]c(CSCC(=O)O)n1. The number of aryl methyl sites for hydroxylation is 1. The van der Waals surface area contributed by atoms with Crippen molar-refractivity contribution >= 4 is 17.7 Å². The quantitative estimate of drug-likeness (QED) is 0.742. The highest BCUT2D eigenvalue weighted by molar-refractivity contribution is 7.99. The molecule has 0 aliphatic heterocycles. The third kappa shape index (κ3) is 3.78. The number of aliphatic carboxylic acids is 1. The highest BCUT2D eigenvalue weighted by Crippen LogP contribution is 2.08. The molecule has 1 heterocycles. The van der Waals surface area contributed by atoms with E-state index in [1.807, 2.05) is 0 Å². The fraction of sp³-hybridized carbons (Fsp3) is 0.625. The second-order valence-electron chi connectivity index (χ2n) is 2.83. The van der Waals surface area contributed by atoms with Crippen LogP contribution in [0.15, 0.2) is 0 Å². The summed E-state index contributed by atoms with van der Waals surface area (Å²) in [6.07, 6.45) is 1.87. The van der Waals surface area contributed by atoms with Gasteiger partial charge in [0.15, 0.2) is 5.82 Å². The van der Waals surface area contributed by atoms with Crippen molar-refractivity contribution < 1.29 is 9.90 Å². The minimum absolute atomic E-state index is 0.101. The molecule has 5 nitrogen and oxygen atoms in total. The molecule has 0 radical (unpaired) electrons. The van der Waals surface area contributed by atoms with E-state index in [1.165, 1.54) is 11.8 Å². The van der Waals surface area contributed by atoms with E-state index in [4.69, 9.17) is 5.11 Å². The maximum atomic E-state index is 10.2. The number of aromatic amines is 1. The zero-order chi connectivity index (χ0) is 10.4. The first-order valence-corrected chi connectivity index (χ1v) is 5.57. The highest BCUT2D eigenvalue weighted by Gasteiger charge is 2.03. The zero-order valence-corrected chi connectivity index (χ0v) is 8.80. The summed E-state index contributed by atoms with van der Waals surface area (Å²) in [5.41, 5.74) is 0. The second kappa shape index (κ2) is 5.64. The van der Waals surface area contributed by atoms with Gasteiger partial charge in [0, 0.05) is 6.42 Å². The number of nitrogens with zero attached hydrogens (tertiary/aromatic N) is 2. The van der Waals surface area contributed by atoms with Crippen LogP contribution in [0.1, 0.15) is 25.0 Å². The molecule has 0 saturated carbocycles.